The molecule has 0 unspecified atom stereocenters. The van der Waals surface area contributed by atoms with Crippen molar-refractivity contribution in [3.05, 3.63) is 59.7 Å². The van der Waals surface area contributed by atoms with Gasteiger partial charge < -0.3 is 15.2 Å². The van der Waals surface area contributed by atoms with Crippen molar-refractivity contribution in [3.63, 3.8) is 0 Å². The van der Waals surface area contributed by atoms with E-state index in [2.05, 4.69) is 29.6 Å². The maximum absolute atomic E-state index is 12.3. The van der Waals surface area contributed by atoms with Crippen LogP contribution < -0.4 is 5.32 Å². The number of nitrogens with one attached hydrogen (secondary N) is 1. The second kappa shape index (κ2) is 6.12. The minimum Gasteiger partial charge on any atom is -0.481 e. The predicted octanol–water partition coefficient (Wildman–Crippen LogP) is 3.63. The maximum atomic E-state index is 12.3. The van der Waals surface area contributed by atoms with Crippen LogP contribution in [0.15, 0.2) is 48.5 Å². The van der Waals surface area contributed by atoms with E-state index in [1.807, 2.05) is 24.3 Å². The minimum atomic E-state index is -0.751. The normalized spacial score (nSPS) is 27.4. The molecule has 2 aromatic rings. The van der Waals surface area contributed by atoms with Crippen molar-refractivity contribution < 1.29 is 19.4 Å². The van der Waals surface area contributed by atoms with Crippen LogP contribution in [0.2, 0.25) is 0 Å². The lowest BCUT2D eigenvalue weighted by Crippen LogP contribution is -2.37. The summed E-state index contributed by atoms with van der Waals surface area (Å²) in [5, 5.41) is 12.2. The van der Waals surface area contributed by atoms with Crippen molar-refractivity contribution in [2.45, 2.75) is 24.8 Å². The van der Waals surface area contributed by atoms with Crippen LogP contribution in [0.1, 0.15) is 29.9 Å². The molecule has 5 heteroatoms. The summed E-state index contributed by atoms with van der Waals surface area (Å²) in [5.41, 5.74) is 4.76. The Balaban J connectivity index is 1.26. The molecule has 0 saturated heterocycles. The Morgan fingerprint density at radius 3 is 2.19 bits per heavy atom. The third-order valence-electron chi connectivity index (χ3n) is 6.40. The number of alkyl carbamates (subject to hydrolysis) is 1. The van der Waals surface area contributed by atoms with E-state index in [0.717, 1.165) is 6.42 Å². The summed E-state index contributed by atoms with van der Waals surface area (Å²) < 4.78 is 5.57. The lowest BCUT2D eigenvalue weighted by atomic mass is 9.98. The van der Waals surface area contributed by atoms with Crippen LogP contribution in [0.25, 0.3) is 11.1 Å². The lowest BCUT2D eigenvalue weighted by Gasteiger charge is -2.18. The minimum absolute atomic E-state index is 0.0344. The highest BCUT2D eigenvalue weighted by atomic mass is 16.5. The van der Waals surface area contributed by atoms with Crippen molar-refractivity contribution in [1.29, 1.82) is 0 Å². The predicted molar refractivity (Wildman–Crippen MR) is 99.3 cm³/mol. The summed E-state index contributed by atoms with van der Waals surface area (Å²) in [6.07, 6.45) is 0.957. The quantitative estimate of drug-likeness (QED) is 0.870. The van der Waals surface area contributed by atoms with Crippen LogP contribution in [0.4, 0.5) is 4.79 Å². The SMILES string of the molecule is O=C(N[C@@H]1C[C@H](C(=O)O)[C@H]2C[C@H]21)OCC1c2ccccc2-c2ccccc21. The number of amides is 1. The molecular weight excluding hydrogens is 342 g/mol. The first kappa shape index (κ1) is 16.4. The van der Waals surface area contributed by atoms with E-state index in [1.165, 1.54) is 22.3 Å². The van der Waals surface area contributed by atoms with E-state index >= 15 is 0 Å². The Morgan fingerprint density at radius 2 is 1.59 bits per heavy atom. The summed E-state index contributed by atoms with van der Waals surface area (Å²) >= 11 is 0. The zero-order chi connectivity index (χ0) is 18.5. The van der Waals surface area contributed by atoms with Gasteiger partial charge in [-0.25, -0.2) is 4.79 Å². The zero-order valence-electron chi connectivity index (χ0n) is 14.8. The monoisotopic (exact) mass is 363 g/mol. The smallest absolute Gasteiger partial charge is 0.407 e. The molecule has 2 fully saturated rings. The molecule has 2 saturated carbocycles. The van der Waals surface area contributed by atoms with Crippen LogP contribution in [0.3, 0.4) is 0 Å². The highest BCUT2D eigenvalue weighted by Crippen LogP contribution is 2.55. The van der Waals surface area contributed by atoms with Crippen molar-refractivity contribution in [1.82, 2.24) is 5.32 Å². The number of ether oxygens (including phenoxy) is 1. The molecule has 4 atom stereocenters. The van der Waals surface area contributed by atoms with Gasteiger partial charge in [-0.15, -0.1) is 0 Å². The van der Waals surface area contributed by atoms with Gasteiger partial charge in [0.15, 0.2) is 0 Å². The summed E-state index contributed by atoms with van der Waals surface area (Å²) in [4.78, 5) is 23.6. The van der Waals surface area contributed by atoms with Gasteiger partial charge in [0, 0.05) is 12.0 Å². The van der Waals surface area contributed by atoms with Crippen molar-refractivity contribution in [3.8, 4) is 11.1 Å². The number of fused-ring (bicyclic) bond motifs is 4. The fourth-order valence-electron chi connectivity index (χ4n) is 5.03. The zero-order valence-corrected chi connectivity index (χ0v) is 14.8. The molecule has 0 heterocycles. The Bertz CT molecular complexity index is 879. The van der Waals surface area contributed by atoms with E-state index in [1.54, 1.807) is 0 Å². The number of rotatable bonds is 4. The number of hydrogen-bond donors (Lipinski definition) is 2. The lowest BCUT2D eigenvalue weighted by molar-refractivity contribution is -0.142. The van der Waals surface area contributed by atoms with E-state index in [4.69, 9.17) is 4.74 Å². The fraction of sp³-hybridized carbons (Fsp3) is 0.364. The molecule has 3 aliphatic carbocycles. The van der Waals surface area contributed by atoms with E-state index in [-0.39, 0.29) is 30.4 Å². The number of benzene rings is 2. The fourth-order valence-corrected chi connectivity index (χ4v) is 5.03. The van der Waals surface area contributed by atoms with Crippen LogP contribution in [0, 0.1) is 17.8 Å². The van der Waals surface area contributed by atoms with Crippen LogP contribution in [-0.4, -0.2) is 29.8 Å². The number of carboxylic acid groups (broad SMARTS) is 1. The van der Waals surface area contributed by atoms with Gasteiger partial charge >= 0.3 is 12.1 Å². The molecule has 3 aliphatic rings. The van der Waals surface area contributed by atoms with Crippen LogP contribution >= 0.6 is 0 Å². The third-order valence-corrected chi connectivity index (χ3v) is 6.40. The number of carbonyl (C=O) groups is 2. The third kappa shape index (κ3) is 2.69. The average Bonchev–Trinajstić information content (AvgIpc) is 3.29. The largest absolute Gasteiger partial charge is 0.481 e. The molecule has 27 heavy (non-hydrogen) atoms. The molecule has 5 nitrogen and oxygen atoms in total. The molecule has 138 valence electrons. The summed E-state index contributed by atoms with van der Waals surface area (Å²) in [7, 11) is 0. The second-order valence-electron chi connectivity index (χ2n) is 7.82. The van der Waals surface area contributed by atoms with Gasteiger partial charge in [0.05, 0.1) is 5.92 Å². The van der Waals surface area contributed by atoms with E-state index < -0.39 is 12.1 Å². The average molecular weight is 363 g/mol. The summed E-state index contributed by atoms with van der Waals surface area (Å²) in [5.74, 6) is -0.520. The van der Waals surface area contributed by atoms with Gasteiger partial charge in [-0.3, -0.25) is 4.79 Å². The number of carboxylic acids is 1. The maximum Gasteiger partial charge on any atom is 0.407 e. The number of carbonyl (C=O) groups excluding carboxylic acids is 1. The molecule has 0 spiro atoms. The molecule has 2 N–H and O–H groups in total. The van der Waals surface area contributed by atoms with E-state index in [9.17, 15) is 14.7 Å². The molecule has 0 aromatic heterocycles. The summed E-state index contributed by atoms with van der Waals surface area (Å²) in [6.45, 7) is 0.281. The second-order valence-corrected chi connectivity index (χ2v) is 7.82. The van der Waals surface area contributed by atoms with Gasteiger partial charge in [-0.2, -0.15) is 0 Å². The van der Waals surface area contributed by atoms with Gasteiger partial charge in [0.2, 0.25) is 0 Å². The standard InChI is InChI=1S/C22H21NO4/c24-21(25)18-10-20(17-9-16(17)18)23-22(26)27-11-19-14-7-3-1-5-12(14)13-6-2-4-8-15(13)19/h1-8,16-20H,9-11H2,(H,23,26)(H,24,25)/t16-,17+,18-,20+/m0/s1. The van der Waals surface area contributed by atoms with Crippen LogP contribution in [0.5, 0.6) is 0 Å². The van der Waals surface area contributed by atoms with Crippen molar-refractivity contribution >= 4 is 12.1 Å². The Kier molecular flexibility index (Phi) is 3.71. The van der Waals surface area contributed by atoms with Gasteiger partial charge in [-0.1, -0.05) is 48.5 Å². The van der Waals surface area contributed by atoms with Crippen molar-refractivity contribution in [2.75, 3.05) is 6.61 Å². The molecule has 0 radical (unpaired) electrons. The van der Waals surface area contributed by atoms with Crippen LogP contribution in [-0.2, 0) is 9.53 Å². The first-order valence-corrected chi connectivity index (χ1v) is 9.48. The molecule has 2 aromatic carbocycles. The number of aliphatic carboxylic acids is 1. The van der Waals surface area contributed by atoms with Crippen molar-refractivity contribution in [2.24, 2.45) is 17.8 Å². The molecule has 5 rings (SSSR count). The highest BCUT2D eigenvalue weighted by molar-refractivity contribution is 5.79. The molecular formula is C22H21NO4. The number of hydrogen-bond acceptors (Lipinski definition) is 3. The Hall–Kier alpha value is -2.82. The molecule has 1 amide bonds. The van der Waals surface area contributed by atoms with Gasteiger partial charge in [0.1, 0.15) is 6.61 Å². The molecule has 0 bridgehead atoms. The first-order valence-electron chi connectivity index (χ1n) is 9.48. The first-order chi connectivity index (χ1) is 13.1. The topological polar surface area (TPSA) is 75.6 Å². The van der Waals surface area contributed by atoms with Gasteiger partial charge in [-0.05, 0) is 46.9 Å². The summed E-state index contributed by atoms with van der Waals surface area (Å²) in [6, 6.07) is 16.4. The Labute approximate surface area is 157 Å². The van der Waals surface area contributed by atoms with E-state index in [0.29, 0.717) is 12.3 Å². The highest BCUT2D eigenvalue weighted by Gasteiger charge is 2.57. The Morgan fingerprint density at radius 1 is 0.963 bits per heavy atom. The van der Waals surface area contributed by atoms with Gasteiger partial charge in [0.25, 0.3) is 0 Å². The molecule has 0 aliphatic heterocycles.